The van der Waals surface area contributed by atoms with E-state index in [0.717, 1.165) is 41.3 Å². The summed E-state index contributed by atoms with van der Waals surface area (Å²) in [6.45, 7) is 1.72. The number of amides is 1. The summed E-state index contributed by atoms with van der Waals surface area (Å²) in [6.07, 6.45) is 6.10. The van der Waals surface area contributed by atoms with Crippen molar-refractivity contribution in [3.63, 3.8) is 0 Å². The number of aromatic amines is 1. The Morgan fingerprint density at radius 2 is 1.79 bits per heavy atom. The highest BCUT2D eigenvalue weighted by molar-refractivity contribution is 5.86. The lowest BCUT2D eigenvalue weighted by atomic mass is 10.0. The van der Waals surface area contributed by atoms with Crippen molar-refractivity contribution in [2.24, 2.45) is 0 Å². The van der Waals surface area contributed by atoms with Crippen molar-refractivity contribution < 1.29 is 14.0 Å². The second-order valence-electron chi connectivity index (χ2n) is 9.78. The number of carbonyl (C=O) groups is 2. The predicted molar refractivity (Wildman–Crippen MR) is 151 cm³/mol. The van der Waals surface area contributed by atoms with E-state index in [4.69, 9.17) is 4.42 Å². The van der Waals surface area contributed by atoms with E-state index in [1.807, 2.05) is 25.1 Å². The van der Waals surface area contributed by atoms with Crippen LogP contribution in [0.5, 0.6) is 0 Å². The molecule has 8 nitrogen and oxygen atoms in total. The van der Waals surface area contributed by atoms with Gasteiger partial charge >= 0.3 is 5.76 Å². The molecule has 0 aliphatic rings. The van der Waals surface area contributed by atoms with E-state index in [-0.39, 0.29) is 24.3 Å². The lowest BCUT2D eigenvalue weighted by molar-refractivity contribution is -0.122. The lowest BCUT2D eigenvalue weighted by Gasteiger charge is -2.17. The van der Waals surface area contributed by atoms with Gasteiger partial charge in [0.15, 0.2) is 5.58 Å². The standard InChI is InChI=1S/C31H32N4O4/c1-2-24(36)12-4-3-5-13-25(33-29(37)20-35-27-14-8-9-15-28(27)39-31(35)38)30-32-19-26(34-30)23-17-16-21-10-6-7-11-22(21)18-23/h6-11,14-19,25H,2-5,12-13,20H2,1H3,(H,32,34)(H,33,37)/t25-/m0/s1. The third-order valence-corrected chi connectivity index (χ3v) is 7.04. The average molecular weight is 525 g/mol. The molecule has 3 aromatic carbocycles. The smallest absolute Gasteiger partial charge is 0.408 e. The third-order valence-electron chi connectivity index (χ3n) is 7.04. The minimum absolute atomic E-state index is 0.157. The monoisotopic (exact) mass is 524 g/mol. The highest BCUT2D eigenvalue weighted by Gasteiger charge is 2.20. The summed E-state index contributed by atoms with van der Waals surface area (Å²) >= 11 is 0. The SMILES string of the molecule is CCC(=O)CCCCC[C@H](NC(=O)Cn1c(=O)oc2ccccc21)c1ncc(-c2ccc3ccccc3c2)[nH]1. The van der Waals surface area contributed by atoms with Crippen molar-refractivity contribution >= 4 is 33.6 Å². The Balaban J connectivity index is 1.33. The zero-order chi connectivity index (χ0) is 27.2. The number of unbranched alkanes of at least 4 members (excludes halogenated alkanes) is 2. The molecule has 2 N–H and O–H groups in total. The van der Waals surface area contributed by atoms with Crippen molar-refractivity contribution in [3.8, 4) is 11.3 Å². The molecule has 0 radical (unpaired) electrons. The van der Waals surface area contributed by atoms with E-state index in [9.17, 15) is 14.4 Å². The molecule has 0 aliphatic heterocycles. The number of fused-ring (bicyclic) bond motifs is 2. The van der Waals surface area contributed by atoms with Crippen LogP contribution in [0.2, 0.25) is 0 Å². The number of benzene rings is 3. The van der Waals surface area contributed by atoms with Crippen molar-refractivity contribution in [2.45, 2.75) is 58.0 Å². The number of oxazole rings is 1. The number of hydrogen-bond acceptors (Lipinski definition) is 5. The number of imidazole rings is 1. The van der Waals surface area contributed by atoms with Crippen LogP contribution < -0.4 is 11.1 Å². The Morgan fingerprint density at radius 3 is 2.64 bits per heavy atom. The third kappa shape index (κ3) is 6.17. The second kappa shape index (κ2) is 11.9. The first kappa shape index (κ1) is 26.2. The van der Waals surface area contributed by atoms with Crippen LogP contribution in [-0.4, -0.2) is 26.2 Å². The van der Waals surface area contributed by atoms with Gasteiger partial charge in [0.05, 0.1) is 23.4 Å². The van der Waals surface area contributed by atoms with Crippen LogP contribution in [0.15, 0.2) is 82.1 Å². The average Bonchev–Trinajstić information content (AvgIpc) is 3.57. The van der Waals surface area contributed by atoms with Gasteiger partial charge in [-0.3, -0.25) is 14.2 Å². The number of Topliss-reactive ketones (excluding diaryl/α,β-unsaturated/α-hetero) is 1. The van der Waals surface area contributed by atoms with Crippen LogP contribution >= 0.6 is 0 Å². The van der Waals surface area contributed by atoms with Gasteiger partial charge in [-0.2, -0.15) is 0 Å². The minimum atomic E-state index is -0.569. The summed E-state index contributed by atoms with van der Waals surface area (Å²) in [7, 11) is 0. The molecule has 1 amide bonds. The molecule has 2 heterocycles. The molecule has 39 heavy (non-hydrogen) atoms. The van der Waals surface area contributed by atoms with E-state index in [2.05, 4.69) is 39.6 Å². The summed E-state index contributed by atoms with van der Waals surface area (Å²) in [5.41, 5.74) is 2.89. The Bertz CT molecular complexity index is 1660. The Hall–Kier alpha value is -4.46. The highest BCUT2D eigenvalue weighted by Crippen LogP contribution is 2.26. The topological polar surface area (TPSA) is 110 Å². The van der Waals surface area contributed by atoms with Crippen molar-refractivity contribution in [1.82, 2.24) is 19.9 Å². The van der Waals surface area contributed by atoms with Crippen LogP contribution in [-0.2, 0) is 16.1 Å². The van der Waals surface area contributed by atoms with Crippen LogP contribution in [0.1, 0.15) is 57.3 Å². The maximum atomic E-state index is 13.1. The molecular weight excluding hydrogens is 492 g/mol. The van der Waals surface area contributed by atoms with Gasteiger partial charge in [0.2, 0.25) is 5.91 Å². The molecule has 2 aromatic heterocycles. The van der Waals surface area contributed by atoms with Crippen molar-refractivity contribution in [3.05, 3.63) is 89.3 Å². The first-order valence-corrected chi connectivity index (χ1v) is 13.5. The zero-order valence-corrected chi connectivity index (χ0v) is 22.0. The molecule has 0 spiro atoms. The maximum absolute atomic E-state index is 13.1. The van der Waals surface area contributed by atoms with Crippen LogP contribution in [0, 0.1) is 0 Å². The Kier molecular flexibility index (Phi) is 8.01. The fourth-order valence-electron chi connectivity index (χ4n) is 4.87. The quantitative estimate of drug-likeness (QED) is 0.197. The summed E-state index contributed by atoms with van der Waals surface area (Å²) in [4.78, 5) is 45.2. The van der Waals surface area contributed by atoms with E-state index in [0.29, 0.717) is 36.2 Å². The molecule has 0 bridgehead atoms. The normalized spacial score (nSPS) is 12.1. The van der Waals surface area contributed by atoms with Gasteiger partial charge in [-0.25, -0.2) is 9.78 Å². The lowest BCUT2D eigenvalue weighted by Crippen LogP contribution is -2.34. The number of aromatic nitrogens is 3. The number of rotatable bonds is 12. The molecule has 0 unspecified atom stereocenters. The van der Waals surface area contributed by atoms with E-state index < -0.39 is 5.76 Å². The molecule has 5 rings (SSSR count). The maximum Gasteiger partial charge on any atom is 0.420 e. The fourth-order valence-corrected chi connectivity index (χ4v) is 4.87. The van der Waals surface area contributed by atoms with E-state index >= 15 is 0 Å². The van der Waals surface area contributed by atoms with Crippen LogP contribution in [0.4, 0.5) is 0 Å². The van der Waals surface area contributed by atoms with Gasteiger partial charge in [0.25, 0.3) is 0 Å². The predicted octanol–water partition coefficient (Wildman–Crippen LogP) is 5.92. The van der Waals surface area contributed by atoms with Gasteiger partial charge in [-0.15, -0.1) is 0 Å². The molecule has 8 heteroatoms. The second-order valence-corrected chi connectivity index (χ2v) is 9.78. The number of hydrogen-bond donors (Lipinski definition) is 2. The van der Waals surface area contributed by atoms with E-state index in [1.54, 1.807) is 30.5 Å². The molecule has 0 aliphatic carbocycles. The summed E-state index contributed by atoms with van der Waals surface area (Å²) in [5.74, 6) is 0.0442. The van der Waals surface area contributed by atoms with Gasteiger partial charge in [-0.05, 0) is 41.8 Å². The molecule has 0 saturated heterocycles. The van der Waals surface area contributed by atoms with Gasteiger partial charge in [0, 0.05) is 18.4 Å². The first-order chi connectivity index (χ1) is 19.0. The largest absolute Gasteiger partial charge is 0.420 e. The van der Waals surface area contributed by atoms with Crippen molar-refractivity contribution in [2.75, 3.05) is 0 Å². The molecule has 0 fully saturated rings. The van der Waals surface area contributed by atoms with Gasteiger partial charge < -0.3 is 14.7 Å². The number of para-hydroxylation sites is 2. The molecule has 5 aromatic rings. The van der Waals surface area contributed by atoms with Crippen LogP contribution in [0.25, 0.3) is 33.1 Å². The summed E-state index contributed by atoms with van der Waals surface area (Å²) in [5, 5.41) is 5.36. The Morgan fingerprint density at radius 1 is 1.00 bits per heavy atom. The number of H-pyrrole nitrogens is 1. The minimum Gasteiger partial charge on any atom is -0.408 e. The number of carbonyl (C=O) groups excluding carboxylic acids is 2. The molecule has 200 valence electrons. The Labute approximate surface area is 226 Å². The molecule has 0 saturated carbocycles. The van der Waals surface area contributed by atoms with Gasteiger partial charge in [0.1, 0.15) is 18.2 Å². The number of nitrogens with one attached hydrogen (secondary N) is 2. The number of ketones is 1. The van der Waals surface area contributed by atoms with Crippen molar-refractivity contribution in [1.29, 1.82) is 0 Å². The zero-order valence-electron chi connectivity index (χ0n) is 22.0. The van der Waals surface area contributed by atoms with Crippen LogP contribution in [0.3, 0.4) is 0 Å². The fraction of sp³-hybridized carbons (Fsp3) is 0.290. The summed E-state index contributed by atoms with van der Waals surface area (Å²) < 4.78 is 6.61. The summed E-state index contributed by atoms with van der Waals surface area (Å²) in [6, 6.07) is 21.1. The highest BCUT2D eigenvalue weighted by atomic mass is 16.4. The molecule has 1 atom stereocenters. The number of nitrogens with zero attached hydrogens (tertiary/aromatic N) is 2. The van der Waals surface area contributed by atoms with Gasteiger partial charge in [-0.1, -0.05) is 68.3 Å². The van der Waals surface area contributed by atoms with E-state index in [1.165, 1.54) is 4.57 Å². The first-order valence-electron chi connectivity index (χ1n) is 13.5. The molecular formula is C31H32N4O4.